The molecule has 0 saturated carbocycles. The van der Waals surface area contributed by atoms with E-state index >= 15 is 0 Å². The number of hydrogen-bond acceptors (Lipinski definition) is 3. The van der Waals surface area contributed by atoms with Gasteiger partial charge in [0.2, 0.25) is 0 Å². The zero-order valence-electron chi connectivity index (χ0n) is 15.5. The lowest BCUT2D eigenvalue weighted by Crippen LogP contribution is -2.33. The fourth-order valence-electron chi connectivity index (χ4n) is 2.32. The van der Waals surface area contributed by atoms with Crippen LogP contribution in [0.15, 0.2) is 42.5 Å². The summed E-state index contributed by atoms with van der Waals surface area (Å²) in [4.78, 5) is 24.4. The molecule has 0 spiro atoms. The van der Waals surface area contributed by atoms with Gasteiger partial charge in [-0.1, -0.05) is 19.1 Å². The molecule has 0 aliphatic rings. The number of hydrogen-bond donors (Lipinski definition) is 2. The Labute approximate surface area is 160 Å². The summed E-state index contributed by atoms with van der Waals surface area (Å²) in [6, 6.07) is 10.9. The molecular weight excluding hydrogens is 373 g/mol. The number of rotatable bonds is 7. The minimum Gasteiger partial charge on any atom is -0.494 e. The predicted molar refractivity (Wildman–Crippen MR) is 99.7 cm³/mol. The van der Waals surface area contributed by atoms with E-state index in [1.807, 2.05) is 6.92 Å². The highest BCUT2D eigenvalue weighted by molar-refractivity contribution is 6.05. The van der Waals surface area contributed by atoms with Gasteiger partial charge in [0, 0.05) is 16.8 Å². The number of alkyl halides is 3. The smallest absolute Gasteiger partial charge is 0.405 e. The normalized spacial score (nSPS) is 11.0. The number of halogens is 3. The molecule has 28 heavy (non-hydrogen) atoms. The summed E-state index contributed by atoms with van der Waals surface area (Å²) in [6.45, 7) is 2.79. The minimum absolute atomic E-state index is 0.0187. The molecule has 0 fully saturated rings. The molecule has 0 atom stereocenters. The number of benzene rings is 2. The number of aryl methyl sites for hydroxylation is 1. The zero-order valence-corrected chi connectivity index (χ0v) is 15.5. The largest absolute Gasteiger partial charge is 0.494 e. The van der Waals surface area contributed by atoms with Crippen molar-refractivity contribution in [2.75, 3.05) is 18.5 Å². The Morgan fingerprint density at radius 3 is 2.43 bits per heavy atom. The number of carbonyl (C=O) groups is 2. The molecule has 2 amide bonds. The first-order chi connectivity index (χ1) is 13.2. The molecule has 2 aromatic rings. The number of carbonyl (C=O) groups excluding carboxylic acids is 2. The summed E-state index contributed by atoms with van der Waals surface area (Å²) in [6.07, 6.45) is -3.67. The number of nitrogens with one attached hydrogen (secondary N) is 2. The van der Waals surface area contributed by atoms with Gasteiger partial charge < -0.3 is 15.4 Å². The molecule has 8 heteroatoms. The monoisotopic (exact) mass is 394 g/mol. The van der Waals surface area contributed by atoms with E-state index in [4.69, 9.17) is 4.74 Å². The second-order valence-corrected chi connectivity index (χ2v) is 6.16. The Bertz CT molecular complexity index is 851. The van der Waals surface area contributed by atoms with Crippen molar-refractivity contribution in [2.45, 2.75) is 26.4 Å². The fourth-order valence-corrected chi connectivity index (χ4v) is 2.32. The van der Waals surface area contributed by atoms with Gasteiger partial charge in [-0.2, -0.15) is 13.2 Å². The van der Waals surface area contributed by atoms with Crippen LogP contribution in [0.5, 0.6) is 5.75 Å². The lowest BCUT2D eigenvalue weighted by Gasteiger charge is -2.12. The van der Waals surface area contributed by atoms with Crippen molar-refractivity contribution in [1.82, 2.24) is 5.32 Å². The van der Waals surface area contributed by atoms with Crippen LogP contribution in [-0.2, 0) is 0 Å². The van der Waals surface area contributed by atoms with Crippen molar-refractivity contribution >= 4 is 17.5 Å². The molecule has 0 aliphatic carbocycles. The van der Waals surface area contributed by atoms with Crippen LogP contribution in [0.25, 0.3) is 0 Å². The highest BCUT2D eigenvalue weighted by atomic mass is 19.4. The summed E-state index contributed by atoms with van der Waals surface area (Å²) >= 11 is 0. The summed E-state index contributed by atoms with van der Waals surface area (Å²) in [5.74, 6) is -0.729. The van der Waals surface area contributed by atoms with Crippen LogP contribution in [0.4, 0.5) is 18.9 Å². The van der Waals surface area contributed by atoms with E-state index in [0.717, 1.165) is 6.42 Å². The molecule has 0 unspecified atom stereocenters. The van der Waals surface area contributed by atoms with E-state index in [9.17, 15) is 22.8 Å². The van der Waals surface area contributed by atoms with Gasteiger partial charge in [0.25, 0.3) is 11.8 Å². The van der Waals surface area contributed by atoms with E-state index in [0.29, 0.717) is 29.2 Å². The quantitative estimate of drug-likeness (QED) is 0.735. The highest BCUT2D eigenvalue weighted by Crippen LogP contribution is 2.20. The van der Waals surface area contributed by atoms with Gasteiger partial charge in [0.15, 0.2) is 0 Å². The van der Waals surface area contributed by atoms with Crippen LogP contribution in [-0.4, -0.2) is 31.1 Å². The molecule has 0 aromatic heterocycles. The summed E-state index contributed by atoms with van der Waals surface area (Å²) in [5.41, 5.74) is 1.38. The van der Waals surface area contributed by atoms with Crippen molar-refractivity contribution in [2.24, 2.45) is 0 Å². The molecule has 0 bridgehead atoms. The maximum absolute atomic E-state index is 12.5. The van der Waals surface area contributed by atoms with Crippen molar-refractivity contribution in [3.8, 4) is 5.75 Å². The third-order valence-corrected chi connectivity index (χ3v) is 3.77. The first-order valence-corrected chi connectivity index (χ1v) is 8.69. The van der Waals surface area contributed by atoms with Crippen LogP contribution in [0.3, 0.4) is 0 Å². The lowest BCUT2D eigenvalue weighted by molar-refractivity contribution is -0.123. The van der Waals surface area contributed by atoms with Crippen molar-refractivity contribution in [1.29, 1.82) is 0 Å². The molecule has 0 radical (unpaired) electrons. The van der Waals surface area contributed by atoms with Crippen molar-refractivity contribution in [3.63, 3.8) is 0 Å². The average molecular weight is 394 g/mol. The topological polar surface area (TPSA) is 67.4 Å². The highest BCUT2D eigenvalue weighted by Gasteiger charge is 2.28. The van der Waals surface area contributed by atoms with Gasteiger partial charge >= 0.3 is 6.18 Å². The maximum atomic E-state index is 12.5. The van der Waals surface area contributed by atoms with E-state index in [-0.39, 0.29) is 5.56 Å². The Morgan fingerprint density at radius 1 is 1.04 bits per heavy atom. The van der Waals surface area contributed by atoms with Gasteiger partial charge in [-0.3, -0.25) is 9.59 Å². The first-order valence-electron chi connectivity index (χ1n) is 8.69. The number of amides is 2. The summed E-state index contributed by atoms with van der Waals surface area (Å²) < 4.78 is 42.3. The van der Waals surface area contributed by atoms with Crippen LogP contribution < -0.4 is 15.4 Å². The third-order valence-electron chi connectivity index (χ3n) is 3.77. The summed E-state index contributed by atoms with van der Waals surface area (Å²) in [7, 11) is 0. The van der Waals surface area contributed by atoms with E-state index in [2.05, 4.69) is 5.32 Å². The Hall–Kier alpha value is -3.03. The SMILES string of the molecule is CCCOc1cccc(C(=O)Nc2cc(C(=O)NCC(F)(F)F)ccc2C)c1. The molecule has 5 nitrogen and oxygen atoms in total. The average Bonchev–Trinajstić information content (AvgIpc) is 2.65. The summed E-state index contributed by atoms with van der Waals surface area (Å²) in [5, 5.41) is 4.49. The molecule has 150 valence electrons. The van der Waals surface area contributed by atoms with Gasteiger partial charge in [-0.05, 0) is 49.2 Å². The van der Waals surface area contributed by atoms with E-state index < -0.39 is 24.5 Å². The molecule has 2 rings (SSSR count). The minimum atomic E-state index is -4.50. The predicted octanol–water partition coefficient (Wildman–Crippen LogP) is 4.33. The van der Waals surface area contributed by atoms with Crippen molar-refractivity contribution < 1.29 is 27.5 Å². The Kier molecular flexibility index (Phi) is 7.03. The molecular formula is C20H21F3N2O3. The molecule has 2 aromatic carbocycles. The second kappa shape index (κ2) is 9.25. The van der Waals surface area contributed by atoms with Crippen LogP contribution in [0.1, 0.15) is 39.6 Å². The maximum Gasteiger partial charge on any atom is 0.405 e. The van der Waals surface area contributed by atoms with Gasteiger partial charge in [0.1, 0.15) is 12.3 Å². The Balaban J connectivity index is 2.13. The van der Waals surface area contributed by atoms with Crippen LogP contribution >= 0.6 is 0 Å². The molecule has 0 saturated heterocycles. The fraction of sp³-hybridized carbons (Fsp3) is 0.300. The van der Waals surface area contributed by atoms with E-state index in [1.165, 1.54) is 12.1 Å². The standard InChI is InChI=1S/C20H21F3N2O3/c1-3-9-28-16-6-4-5-14(10-16)19(27)25-17-11-15(8-7-13(17)2)18(26)24-12-20(21,22)23/h4-8,10-11H,3,9,12H2,1-2H3,(H,24,26)(H,25,27). The number of ether oxygens (including phenoxy) is 1. The van der Waals surface area contributed by atoms with Gasteiger partial charge in [-0.15, -0.1) is 0 Å². The first kappa shape index (κ1) is 21.3. The Morgan fingerprint density at radius 2 is 1.75 bits per heavy atom. The number of anilines is 1. The molecule has 0 aliphatic heterocycles. The molecule has 2 N–H and O–H groups in total. The van der Waals surface area contributed by atoms with Crippen LogP contribution in [0.2, 0.25) is 0 Å². The van der Waals surface area contributed by atoms with Crippen molar-refractivity contribution in [3.05, 3.63) is 59.2 Å². The second-order valence-electron chi connectivity index (χ2n) is 6.16. The third kappa shape index (κ3) is 6.29. The lowest BCUT2D eigenvalue weighted by atomic mass is 10.1. The van der Waals surface area contributed by atoms with Crippen LogP contribution in [0, 0.1) is 6.92 Å². The van der Waals surface area contributed by atoms with Gasteiger partial charge in [0.05, 0.1) is 6.61 Å². The molecule has 0 heterocycles. The van der Waals surface area contributed by atoms with Gasteiger partial charge in [-0.25, -0.2) is 0 Å². The van der Waals surface area contributed by atoms with E-state index in [1.54, 1.807) is 42.6 Å². The zero-order chi connectivity index (χ0) is 20.7.